The number of nitrogens with zero attached hydrogens (tertiary/aromatic N) is 1. The van der Waals surface area contributed by atoms with E-state index in [0.717, 1.165) is 23.4 Å². The van der Waals surface area contributed by atoms with Gasteiger partial charge in [0.05, 0.1) is 45.5 Å². The summed E-state index contributed by atoms with van der Waals surface area (Å²) in [5.41, 5.74) is 0.997. The Bertz CT molecular complexity index is 1150. The Labute approximate surface area is 198 Å². The van der Waals surface area contributed by atoms with Gasteiger partial charge in [0.2, 0.25) is 15.9 Å². The summed E-state index contributed by atoms with van der Waals surface area (Å²) in [6, 6.07) is 8.30. The lowest BCUT2D eigenvalue weighted by atomic mass is 10.1. The van der Waals surface area contributed by atoms with Crippen molar-refractivity contribution < 1.29 is 36.9 Å². The zero-order chi connectivity index (χ0) is 24.1. The van der Waals surface area contributed by atoms with E-state index in [2.05, 4.69) is 5.32 Å². The third kappa shape index (κ3) is 5.58. The van der Waals surface area contributed by atoms with E-state index < -0.39 is 22.5 Å². The van der Waals surface area contributed by atoms with Crippen LogP contribution in [0.4, 0.5) is 5.69 Å². The highest BCUT2D eigenvalue weighted by atomic mass is 32.2. The topological polar surface area (TPSA) is 113 Å². The fourth-order valence-corrected chi connectivity index (χ4v) is 4.50. The van der Waals surface area contributed by atoms with Gasteiger partial charge in [0.1, 0.15) is 12.3 Å². The van der Waals surface area contributed by atoms with E-state index in [1.54, 1.807) is 30.3 Å². The number of hydrogen-bond acceptors (Lipinski definition) is 8. The van der Waals surface area contributed by atoms with Crippen LogP contribution in [0.5, 0.6) is 28.7 Å². The molecule has 0 bridgehead atoms. The van der Waals surface area contributed by atoms with Crippen LogP contribution in [0.3, 0.4) is 0 Å². The first kappa shape index (κ1) is 23.8. The Hall–Kier alpha value is -3.34. The fourth-order valence-electron chi connectivity index (χ4n) is 3.65. The number of methoxy groups -OCH3 is 1. The van der Waals surface area contributed by atoms with Gasteiger partial charge in [0.15, 0.2) is 23.0 Å². The van der Waals surface area contributed by atoms with Crippen molar-refractivity contribution in [3.05, 3.63) is 35.9 Å². The van der Waals surface area contributed by atoms with Gasteiger partial charge >= 0.3 is 0 Å². The number of carbonyl (C=O) groups excluding carboxylic acids is 1. The van der Waals surface area contributed by atoms with Crippen LogP contribution >= 0.6 is 0 Å². The molecule has 0 saturated heterocycles. The Kier molecular flexibility index (Phi) is 7.20. The number of rotatable bonds is 7. The lowest BCUT2D eigenvalue weighted by molar-refractivity contribution is -0.119. The van der Waals surface area contributed by atoms with Crippen LogP contribution in [-0.2, 0) is 21.4 Å². The van der Waals surface area contributed by atoms with Gasteiger partial charge < -0.3 is 29.0 Å². The standard InChI is InChI=1S/C23H28N2O8S/c1-29-19-13-22-20(31-8-4-10-33-22)11-16(19)14-24-23(26)15-25(34(2,27)28)17-5-6-18-21(12-17)32-9-3-7-30-18/h5-6,11-13H,3-4,7-10,14-15H2,1-2H3,(H,24,26). The highest BCUT2D eigenvalue weighted by Gasteiger charge is 2.23. The molecule has 2 aliphatic rings. The van der Waals surface area contributed by atoms with E-state index in [1.165, 1.54) is 7.11 Å². The molecule has 0 fully saturated rings. The lowest BCUT2D eigenvalue weighted by Gasteiger charge is -2.23. The molecular weight excluding hydrogens is 464 g/mol. The maximum absolute atomic E-state index is 12.8. The Morgan fingerprint density at radius 2 is 1.53 bits per heavy atom. The largest absolute Gasteiger partial charge is 0.496 e. The van der Waals surface area contributed by atoms with Crippen LogP contribution in [0.25, 0.3) is 0 Å². The molecule has 11 heteroatoms. The summed E-state index contributed by atoms with van der Waals surface area (Å²) in [7, 11) is -2.22. The average Bonchev–Trinajstić information content (AvgIpc) is 3.19. The van der Waals surface area contributed by atoms with E-state index in [1.807, 2.05) is 0 Å². The SMILES string of the molecule is COc1cc2c(cc1CNC(=O)CN(c1ccc3c(c1)OCCCO3)S(C)(=O)=O)OCCCO2. The maximum Gasteiger partial charge on any atom is 0.241 e. The zero-order valence-electron chi connectivity index (χ0n) is 19.2. The number of ether oxygens (including phenoxy) is 5. The Morgan fingerprint density at radius 1 is 0.941 bits per heavy atom. The van der Waals surface area contributed by atoms with Crippen molar-refractivity contribution in [3.63, 3.8) is 0 Å². The van der Waals surface area contributed by atoms with E-state index >= 15 is 0 Å². The minimum Gasteiger partial charge on any atom is -0.496 e. The molecular formula is C23H28N2O8S. The Balaban J connectivity index is 1.48. The van der Waals surface area contributed by atoms with Gasteiger partial charge in [0, 0.05) is 37.1 Å². The van der Waals surface area contributed by atoms with Gasteiger partial charge in [-0.05, 0) is 18.2 Å². The van der Waals surface area contributed by atoms with Crippen LogP contribution in [0.1, 0.15) is 18.4 Å². The molecule has 10 nitrogen and oxygen atoms in total. The number of anilines is 1. The quantitative estimate of drug-likeness (QED) is 0.625. The van der Waals surface area contributed by atoms with Gasteiger partial charge in [-0.25, -0.2) is 8.42 Å². The number of benzene rings is 2. The van der Waals surface area contributed by atoms with Gasteiger partial charge in [-0.15, -0.1) is 0 Å². The molecule has 0 aromatic heterocycles. The van der Waals surface area contributed by atoms with Crippen molar-refractivity contribution >= 4 is 21.6 Å². The highest BCUT2D eigenvalue weighted by molar-refractivity contribution is 7.92. The monoisotopic (exact) mass is 492 g/mol. The van der Waals surface area contributed by atoms with Gasteiger partial charge in [-0.2, -0.15) is 0 Å². The second-order valence-corrected chi connectivity index (χ2v) is 9.80. The summed E-state index contributed by atoms with van der Waals surface area (Å²) in [4.78, 5) is 12.8. The first-order valence-electron chi connectivity index (χ1n) is 11.0. The van der Waals surface area contributed by atoms with Gasteiger partial charge in [-0.3, -0.25) is 9.10 Å². The highest BCUT2D eigenvalue weighted by Crippen LogP contribution is 2.37. The number of amides is 1. The second-order valence-electron chi connectivity index (χ2n) is 7.89. The third-order valence-electron chi connectivity index (χ3n) is 5.33. The minimum absolute atomic E-state index is 0.122. The Morgan fingerprint density at radius 3 is 2.15 bits per heavy atom. The third-order valence-corrected chi connectivity index (χ3v) is 6.47. The molecule has 0 radical (unpaired) electrons. The molecule has 184 valence electrons. The second kappa shape index (κ2) is 10.3. The summed E-state index contributed by atoms with van der Waals surface area (Å²) in [6.45, 7) is 1.79. The molecule has 2 aromatic rings. The smallest absolute Gasteiger partial charge is 0.241 e. The number of carbonyl (C=O) groups is 1. The molecule has 0 unspecified atom stereocenters. The van der Waals surface area contributed by atoms with E-state index in [4.69, 9.17) is 23.7 Å². The molecule has 2 heterocycles. The van der Waals surface area contributed by atoms with Gasteiger partial charge in [0.25, 0.3) is 0 Å². The molecule has 2 aliphatic heterocycles. The molecule has 4 rings (SSSR count). The summed E-state index contributed by atoms with van der Waals surface area (Å²) in [5.74, 6) is 2.20. The van der Waals surface area contributed by atoms with Crippen LogP contribution in [0.15, 0.2) is 30.3 Å². The van der Waals surface area contributed by atoms with Gasteiger partial charge in [-0.1, -0.05) is 0 Å². The first-order chi connectivity index (χ1) is 16.3. The molecule has 2 aromatic carbocycles. The van der Waals surface area contributed by atoms with Crippen LogP contribution in [-0.4, -0.2) is 60.7 Å². The van der Waals surface area contributed by atoms with Crippen molar-refractivity contribution in [1.29, 1.82) is 0 Å². The molecule has 1 amide bonds. The molecule has 0 saturated carbocycles. The lowest BCUT2D eigenvalue weighted by Crippen LogP contribution is -2.40. The summed E-state index contributed by atoms with van der Waals surface area (Å²) >= 11 is 0. The average molecular weight is 493 g/mol. The fraction of sp³-hybridized carbons (Fsp3) is 0.435. The summed E-state index contributed by atoms with van der Waals surface area (Å²) < 4.78 is 54.1. The minimum atomic E-state index is -3.75. The van der Waals surface area contributed by atoms with Crippen LogP contribution < -0.4 is 33.3 Å². The van der Waals surface area contributed by atoms with Crippen molar-refractivity contribution in [2.24, 2.45) is 0 Å². The van der Waals surface area contributed by atoms with Crippen molar-refractivity contribution in [3.8, 4) is 28.7 Å². The van der Waals surface area contributed by atoms with Crippen molar-refractivity contribution in [2.75, 3.05) is 50.6 Å². The molecule has 0 spiro atoms. The van der Waals surface area contributed by atoms with E-state index in [-0.39, 0.29) is 6.54 Å². The molecule has 0 atom stereocenters. The predicted molar refractivity (Wildman–Crippen MR) is 125 cm³/mol. The predicted octanol–water partition coefficient (Wildman–Crippen LogP) is 2.10. The zero-order valence-corrected chi connectivity index (χ0v) is 20.0. The molecule has 0 aliphatic carbocycles. The maximum atomic E-state index is 12.8. The summed E-state index contributed by atoms with van der Waals surface area (Å²) in [5, 5.41) is 2.76. The van der Waals surface area contributed by atoms with E-state index in [9.17, 15) is 13.2 Å². The summed E-state index contributed by atoms with van der Waals surface area (Å²) in [6.07, 6.45) is 2.55. The first-order valence-corrected chi connectivity index (χ1v) is 12.8. The number of fused-ring (bicyclic) bond motifs is 2. The van der Waals surface area contributed by atoms with Crippen molar-refractivity contribution in [1.82, 2.24) is 5.32 Å². The van der Waals surface area contributed by atoms with E-state index in [0.29, 0.717) is 66.4 Å². The van der Waals surface area contributed by atoms with Crippen LogP contribution in [0.2, 0.25) is 0 Å². The molecule has 34 heavy (non-hydrogen) atoms. The number of nitrogens with one attached hydrogen (secondary N) is 1. The molecule has 1 N–H and O–H groups in total. The number of hydrogen-bond donors (Lipinski definition) is 1. The van der Waals surface area contributed by atoms with Crippen molar-refractivity contribution in [2.45, 2.75) is 19.4 Å². The number of sulfonamides is 1. The normalized spacial score (nSPS) is 15.0. The van der Waals surface area contributed by atoms with Crippen LogP contribution in [0, 0.1) is 0 Å².